The molecule has 1 aromatic rings. The molecule has 1 saturated carbocycles. The Labute approximate surface area is 206 Å². The molecular weight excluding hydrogens is 396 g/mol. The summed E-state index contributed by atoms with van der Waals surface area (Å²) in [6.45, 7) is 28.3. The SMILES string of the molecule is CC(C)(C)C1=CC=C2CC(C(C)(C)C)CC21.CC(C)(C)c1cccc2c1CC(C(C)(C)C)C2. The molecule has 0 aliphatic heterocycles. The maximum Gasteiger partial charge on any atom is 0.00215 e. The summed E-state index contributed by atoms with van der Waals surface area (Å²) < 4.78 is 0. The quantitative estimate of drug-likeness (QED) is 0.370. The molecule has 0 spiro atoms. The molecule has 0 amide bonds. The van der Waals surface area contributed by atoms with Gasteiger partial charge < -0.3 is 0 Å². The van der Waals surface area contributed by atoms with Crippen LogP contribution >= 0.6 is 0 Å². The topological polar surface area (TPSA) is 0 Å². The summed E-state index contributed by atoms with van der Waals surface area (Å²) in [4.78, 5) is 0. The maximum atomic E-state index is 2.40. The molecule has 3 unspecified atom stereocenters. The van der Waals surface area contributed by atoms with E-state index in [2.05, 4.69) is 113 Å². The van der Waals surface area contributed by atoms with Crippen LogP contribution in [0.1, 0.15) is 113 Å². The largest absolute Gasteiger partial charge is 0.0627 e. The highest BCUT2D eigenvalue weighted by molar-refractivity contribution is 5.43. The first-order chi connectivity index (χ1) is 14.9. The van der Waals surface area contributed by atoms with Gasteiger partial charge in [-0.15, -0.1) is 0 Å². The van der Waals surface area contributed by atoms with E-state index in [1.54, 1.807) is 27.8 Å². The predicted octanol–water partition coefficient (Wildman–Crippen LogP) is 9.72. The van der Waals surface area contributed by atoms with Crippen molar-refractivity contribution < 1.29 is 0 Å². The summed E-state index contributed by atoms with van der Waals surface area (Å²) in [6, 6.07) is 6.89. The van der Waals surface area contributed by atoms with Gasteiger partial charge in [0.05, 0.1) is 0 Å². The third-order valence-electron chi connectivity index (χ3n) is 8.62. The van der Waals surface area contributed by atoms with Gasteiger partial charge in [0.1, 0.15) is 0 Å². The van der Waals surface area contributed by atoms with Gasteiger partial charge in [-0.05, 0) is 75.9 Å². The first-order valence-electron chi connectivity index (χ1n) is 13.4. The summed E-state index contributed by atoms with van der Waals surface area (Å²) >= 11 is 0. The second kappa shape index (κ2) is 8.73. The van der Waals surface area contributed by atoms with Crippen LogP contribution in [-0.4, -0.2) is 0 Å². The normalized spacial score (nSPS) is 25.2. The molecule has 3 aliphatic carbocycles. The Morgan fingerprint density at radius 2 is 1.24 bits per heavy atom. The molecule has 33 heavy (non-hydrogen) atoms. The van der Waals surface area contributed by atoms with Gasteiger partial charge in [-0.1, -0.05) is 125 Å². The first-order valence-corrected chi connectivity index (χ1v) is 13.4. The van der Waals surface area contributed by atoms with E-state index >= 15 is 0 Å². The Kier molecular flexibility index (Phi) is 6.96. The lowest BCUT2D eigenvalue weighted by atomic mass is 9.75. The Morgan fingerprint density at radius 3 is 1.76 bits per heavy atom. The predicted molar refractivity (Wildman–Crippen MR) is 147 cm³/mol. The highest BCUT2D eigenvalue weighted by atomic mass is 14.5. The molecule has 0 heteroatoms. The van der Waals surface area contributed by atoms with Crippen molar-refractivity contribution >= 4 is 0 Å². The number of hydrogen-bond acceptors (Lipinski definition) is 0. The molecular formula is C33H52. The average Bonchev–Trinajstić information content (AvgIpc) is 3.32. The van der Waals surface area contributed by atoms with Gasteiger partial charge in [-0.25, -0.2) is 0 Å². The van der Waals surface area contributed by atoms with Crippen LogP contribution in [0.4, 0.5) is 0 Å². The molecule has 0 nitrogen and oxygen atoms in total. The number of benzene rings is 1. The van der Waals surface area contributed by atoms with E-state index in [-0.39, 0.29) is 5.41 Å². The zero-order valence-electron chi connectivity index (χ0n) is 23.9. The van der Waals surface area contributed by atoms with Crippen molar-refractivity contribution in [2.75, 3.05) is 0 Å². The van der Waals surface area contributed by atoms with Gasteiger partial charge in [0.25, 0.3) is 0 Å². The fourth-order valence-electron chi connectivity index (χ4n) is 6.17. The lowest BCUT2D eigenvalue weighted by Gasteiger charge is -2.29. The first kappa shape index (κ1) is 26.3. The zero-order chi connectivity index (χ0) is 25.0. The molecule has 1 fully saturated rings. The van der Waals surface area contributed by atoms with E-state index in [4.69, 9.17) is 0 Å². The molecule has 184 valence electrons. The summed E-state index contributed by atoms with van der Waals surface area (Å²) in [5, 5.41) is 0. The van der Waals surface area contributed by atoms with Gasteiger partial charge in [0.15, 0.2) is 0 Å². The molecule has 0 aromatic heterocycles. The minimum atomic E-state index is 0.276. The van der Waals surface area contributed by atoms with E-state index in [0.717, 1.165) is 17.8 Å². The van der Waals surface area contributed by atoms with E-state index in [0.29, 0.717) is 16.2 Å². The number of hydrogen-bond donors (Lipinski definition) is 0. The second-order valence-electron chi connectivity index (χ2n) is 15.3. The minimum Gasteiger partial charge on any atom is -0.0627 e. The second-order valence-corrected chi connectivity index (χ2v) is 15.3. The van der Waals surface area contributed by atoms with Gasteiger partial charge in [0.2, 0.25) is 0 Å². The van der Waals surface area contributed by atoms with Crippen molar-refractivity contribution in [2.24, 2.45) is 34.0 Å². The van der Waals surface area contributed by atoms with Crippen molar-refractivity contribution in [3.8, 4) is 0 Å². The van der Waals surface area contributed by atoms with Crippen LogP contribution in [0.5, 0.6) is 0 Å². The van der Waals surface area contributed by atoms with E-state index in [9.17, 15) is 0 Å². The Balaban J connectivity index is 0.000000186. The Hall–Kier alpha value is -1.30. The van der Waals surface area contributed by atoms with Crippen LogP contribution in [0.15, 0.2) is 41.5 Å². The Bertz CT molecular complexity index is 909. The Morgan fingerprint density at radius 1 is 0.636 bits per heavy atom. The van der Waals surface area contributed by atoms with Crippen LogP contribution < -0.4 is 0 Å². The highest BCUT2D eigenvalue weighted by Gasteiger charge is 2.41. The van der Waals surface area contributed by atoms with Crippen LogP contribution in [0.2, 0.25) is 0 Å². The lowest BCUT2D eigenvalue weighted by Crippen LogP contribution is -2.21. The van der Waals surface area contributed by atoms with Crippen molar-refractivity contribution in [3.05, 3.63) is 58.2 Å². The summed E-state index contributed by atoms with van der Waals surface area (Å²) in [6.07, 6.45) is 10.0. The van der Waals surface area contributed by atoms with Crippen LogP contribution in [-0.2, 0) is 18.3 Å². The molecule has 0 heterocycles. The smallest absolute Gasteiger partial charge is 0.00215 e. The number of fused-ring (bicyclic) bond motifs is 2. The van der Waals surface area contributed by atoms with Crippen LogP contribution in [0.3, 0.4) is 0 Å². The van der Waals surface area contributed by atoms with E-state index in [1.165, 1.54) is 25.7 Å². The summed E-state index contributed by atoms with van der Waals surface area (Å²) in [5.41, 5.74) is 9.66. The van der Waals surface area contributed by atoms with Gasteiger partial charge >= 0.3 is 0 Å². The number of rotatable bonds is 0. The lowest BCUT2D eigenvalue weighted by molar-refractivity contribution is 0.240. The summed E-state index contributed by atoms with van der Waals surface area (Å²) in [7, 11) is 0. The van der Waals surface area contributed by atoms with Crippen molar-refractivity contribution in [1.82, 2.24) is 0 Å². The molecule has 0 bridgehead atoms. The average molecular weight is 449 g/mol. The van der Waals surface area contributed by atoms with E-state index in [1.807, 2.05) is 0 Å². The fraction of sp³-hybridized carbons (Fsp3) is 0.697. The van der Waals surface area contributed by atoms with Crippen LogP contribution in [0, 0.1) is 34.0 Å². The van der Waals surface area contributed by atoms with Crippen molar-refractivity contribution in [3.63, 3.8) is 0 Å². The zero-order valence-corrected chi connectivity index (χ0v) is 23.9. The third kappa shape index (κ3) is 5.86. The monoisotopic (exact) mass is 448 g/mol. The molecule has 4 rings (SSSR count). The summed E-state index contributed by atoms with van der Waals surface area (Å²) in [5.74, 6) is 2.44. The molecule has 1 aromatic carbocycles. The van der Waals surface area contributed by atoms with E-state index < -0.39 is 0 Å². The van der Waals surface area contributed by atoms with Gasteiger partial charge in [-0.3, -0.25) is 0 Å². The molecule has 0 N–H and O–H groups in total. The number of allylic oxidation sites excluding steroid dienone is 4. The minimum absolute atomic E-state index is 0.276. The highest BCUT2D eigenvalue weighted by Crippen LogP contribution is 2.53. The van der Waals surface area contributed by atoms with Crippen molar-refractivity contribution in [2.45, 2.75) is 114 Å². The molecule has 0 radical (unpaired) electrons. The molecule has 0 saturated heterocycles. The van der Waals surface area contributed by atoms with Crippen LogP contribution in [0.25, 0.3) is 0 Å². The fourth-order valence-corrected chi connectivity index (χ4v) is 6.17. The molecule has 3 aliphatic rings. The standard InChI is InChI=1S/C17H26.C16H26/c1-16(2,3)13-10-12-8-7-9-15(14(12)11-13)17(4,5)6;1-15(2,3)12-9-11-7-8-14(13(11)10-12)16(4,5)6/h7-9,13H,10-11H2,1-6H3;7-8,12-13H,9-10H2,1-6H3. The van der Waals surface area contributed by atoms with Crippen molar-refractivity contribution in [1.29, 1.82) is 0 Å². The molecule has 3 atom stereocenters. The maximum absolute atomic E-state index is 2.40. The third-order valence-corrected chi connectivity index (χ3v) is 8.62. The van der Waals surface area contributed by atoms with Gasteiger partial charge in [0, 0.05) is 5.92 Å². The van der Waals surface area contributed by atoms with Gasteiger partial charge in [-0.2, -0.15) is 0 Å².